The third-order valence-electron chi connectivity index (χ3n) is 9.01. The molecule has 0 saturated carbocycles. The van der Waals surface area contributed by atoms with E-state index in [4.69, 9.17) is 9.47 Å². The largest absolute Gasteiger partial charge is 0.461 e. The Bertz CT molecular complexity index is 1690. The average Bonchev–Trinajstić information content (AvgIpc) is 3.60. The molecule has 0 N–H and O–H groups in total. The zero-order chi connectivity index (χ0) is 30.5. The topological polar surface area (TPSA) is 106 Å². The lowest BCUT2D eigenvalue weighted by Gasteiger charge is -2.34. The van der Waals surface area contributed by atoms with Gasteiger partial charge in [-0.2, -0.15) is 5.10 Å². The van der Waals surface area contributed by atoms with Gasteiger partial charge in [0.15, 0.2) is 5.82 Å². The summed E-state index contributed by atoms with van der Waals surface area (Å²) in [5.41, 5.74) is 5.25. The number of thiophene rings is 1. The number of piperidine rings is 1. The lowest BCUT2D eigenvalue weighted by atomic mass is 9.85. The molecule has 230 valence electrons. The van der Waals surface area contributed by atoms with Crippen molar-refractivity contribution in [2.45, 2.75) is 71.1 Å². The van der Waals surface area contributed by atoms with Crippen LogP contribution in [-0.2, 0) is 58.1 Å². The first kappa shape index (κ1) is 28.8. The predicted octanol–water partition coefficient (Wildman–Crippen LogP) is 4.48. The van der Waals surface area contributed by atoms with Crippen molar-refractivity contribution in [1.29, 1.82) is 0 Å². The lowest BCUT2D eigenvalue weighted by molar-refractivity contribution is -0.142. The number of hydrogen-bond donors (Lipinski definition) is 0. The Morgan fingerprint density at radius 2 is 1.98 bits per heavy atom. The van der Waals surface area contributed by atoms with Crippen molar-refractivity contribution in [3.05, 3.63) is 61.7 Å². The summed E-state index contributed by atoms with van der Waals surface area (Å²) in [5.74, 6) is -1.25. The van der Waals surface area contributed by atoms with Crippen LogP contribution in [-0.4, -0.2) is 64.9 Å². The van der Waals surface area contributed by atoms with Gasteiger partial charge in [0.05, 0.1) is 36.0 Å². The number of aliphatic imine (C=N–C) groups is 1. The third-order valence-corrected chi connectivity index (χ3v) is 10.3. The molecule has 3 aliphatic heterocycles. The minimum atomic E-state index is -0.495. The summed E-state index contributed by atoms with van der Waals surface area (Å²) in [5, 5.41) is 4.53. The van der Waals surface area contributed by atoms with Crippen molar-refractivity contribution in [3.63, 3.8) is 0 Å². The molecule has 12 heteroatoms. The molecule has 0 radical (unpaired) electrons. The van der Waals surface area contributed by atoms with Crippen LogP contribution < -0.4 is 4.90 Å². The van der Waals surface area contributed by atoms with Gasteiger partial charge in [-0.25, -0.2) is 9.38 Å². The molecule has 7 rings (SSSR count). The van der Waals surface area contributed by atoms with Crippen LogP contribution in [0.3, 0.4) is 0 Å². The summed E-state index contributed by atoms with van der Waals surface area (Å²) in [6, 6.07) is 4.61. The number of nitrogens with zero attached hydrogens (tertiary/aromatic N) is 5. The molecule has 0 bridgehead atoms. The number of carbonyl (C=O) groups is 3. The van der Waals surface area contributed by atoms with E-state index in [1.165, 1.54) is 29.5 Å². The van der Waals surface area contributed by atoms with E-state index in [1.807, 2.05) is 10.7 Å². The smallest absolute Gasteiger partial charge is 0.302 e. The molecule has 2 aromatic heterocycles. The molecule has 0 spiro atoms. The maximum absolute atomic E-state index is 15.5. The number of carbonyl (C=O) groups excluding carboxylic acids is 3. The Morgan fingerprint density at radius 1 is 1.14 bits per heavy atom. The first-order valence-corrected chi connectivity index (χ1v) is 16.0. The van der Waals surface area contributed by atoms with Crippen molar-refractivity contribution < 1.29 is 28.2 Å². The molecule has 1 fully saturated rings. The predicted molar refractivity (Wildman–Crippen MR) is 162 cm³/mol. The fourth-order valence-corrected chi connectivity index (χ4v) is 8.30. The van der Waals surface area contributed by atoms with Gasteiger partial charge in [-0.05, 0) is 60.9 Å². The SMILES string of the molecule is CC(=O)OCc1c(C2CC(=Nc3cc4n(n3)CCOC4)C(=O)N(C)C2)cc(F)cc1N1CCc2c(sc3c2CCCC3)C1=O. The van der Waals surface area contributed by atoms with Gasteiger partial charge >= 0.3 is 5.97 Å². The van der Waals surface area contributed by atoms with E-state index in [9.17, 15) is 14.4 Å². The number of anilines is 1. The molecular formula is C32H34FN5O5S. The number of likely N-dealkylation sites (N-methyl/N-ethyl adjacent to an activating group) is 1. The number of ether oxygens (including phenoxy) is 2. The molecule has 4 aliphatic rings. The number of aryl methyl sites for hydroxylation is 1. The second-order valence-electron chi connectivity index (χ2n) is 11.9. The molecule has 1 unspecified atom stereocenters. The maximum Gasteiger partial charge on any atom is 0.302 e. The number of hydrogen-bond acceptors (Lipinski definition) is 8. The monoisotopic (exact) mass is 619 g/mol. The second kappa shape index (κ2) is 11.6. The summed E-state index contributed by atoms with van der Waals surface area (Å²) < 4.78 is 28.3. The normalized spacial score (nSPS) is 20.9. The van der Waals surface area contributed by atoms with Gasteiger partial charge < -0.3 is 19.3 Å². The molecule has 3 aromatic rings. The van der Waals surface area contributed by atoms with Gasteiger partial charge in [0.25, 0.3) is 11.8 Å². The third kappa shape index (κ3) is 5.23. The Balaban J connectivity index is 1.26. The van der Waals surface area contributed by atoms with Crippen LogP contribution in [0.25, 0.3) is 0 Å². The van der Waals surface area contributed by atoms with Gasteiger partial charge in [-0.1, -0.05) is 0 Å². The summed E-state index contributed by atoms with van der Waals surface area (Å²) in [4.78, 5) is 49.0. The van der Waals surface area contributed by atoms with Gasteiger partial charge in [0.1, 0.15) is 18.1 Å². The Kier molecular flexibility index (Phi) is 7.57. The van der Waals surface area contributed by atoms with E-state index in [0.29, 0.717) is 67.6 Å². The Labute approximate surface area is 258 Å². The average molecular weight is 620 g/mol. The molecule has 1 atom stereocenters. The highest BCUT2D eigenvalue weighted by Crippen LogP contribution is 2.41. The lowest BCUT2D eigenvalue weighted by Crippen LogP contribution is -2.43. The van der Waals surface area contributed by atoms with Crippen LogP contribution in [0, 0.1) is 5.82 Å². The molecule has 1 aromatic carbocycles. The van der Waals surface area contributed by atoms with E-state index >= 15 is 4.39 Å². The minimum Gasteiger partial charge on any atom is -0.461 e. The summed E-state index contributed by atoms with van der Waals surface area (Å²) in [6.45, 7) is 3.55. The summed E-state index contributed by atoms with van der Waals surface area (Å²) in [7, 11) is 1.69. The number of fused-ring (bicyclic) bond motifs is 4. The van der Waals surface area contributed by atoms with E-state index < -0.39 is 11.8 Å². The van der Waals surface area contributed by atoms with Crippen molar-refractivity contribution in [2.24, 2.45) is 4.99 Å². The van der Waals surface area contributed by atoms with E-state index in [-0.39, 0.29) is 30.8 Å². The van der Waals surface area contributed by atoms with Crippen LogP contribution in [0.4, 0.5) is 15.9 Å². The van der Waals surface area contributed by atoms with E-state index in [0.717, 1.165) is 41.8 Å². The van der Waals surface area contributed by atoms with Gasteiger partial charge in [-0.15, -0.1) is 11.3 Å². The zero-order valence-corrected chi connectivity index (χ0v) is 25.7. The van der Waals surface area contributed by atoms with Gasteiger partial charge in [0.2, 0.25) is 0 Å². The fourth-order valence-electron chi connectivity index (χ4n) is 6.92. The van der Waals surface area contributed by atoms with Crippen LogP contribution in [0.15, 0.2) is 23.2 Å². The Morgan fingerprint density at radius 3 is 2.80 bits per heavy atom. The number of amides is 2. The highest BCUT2D eigenvalue weighted by atomic mass is 32.1. The first-order valence-electron chi connectivity index (χ1n) is 15.1. The number of benzene rings is 1. The number of halogens is 1. The number of esters is 1. The van der Waals surface area contributed by atoms with Crippen LogP contribution >= 0.6 is 11.3 Å². The van der Waals surface area contributed by atoms with Gasteiger partial charge in [0, 0.05) is 55.9 Å². The van der Waals surface area contributed by atoms with Crippen LogP contribution in [0.2, 0.25) is 0 Å². The highest BCUT2D eigenvalue weighted by Gasteiger charge is 2.36. The zero-order valence-electron chi connectivity index (χ0n) is 24.9. The molecule has 44 heavy (non-hydrogen) atoms. The van der Waals surface area contributed by atoms with Crippen molar-refractivity contribution in [3.8, 4) is 0 Å². The van der Waals surface area contributed by atoms with Crippen molar-refractivity contribution in [2.75, 3.05) is 31.6 Å². The molecule has 5 heterocycles. The Hall–Kier alpha value is -3.90. The standard InChI is InChI=1S/C32H34FN5O5S/c1-18(39)43-17-25-24(19-11-26(31(40)36(2)15-19)34-29-14-21-16-42-10-9-38(21)35-29)12-20(33)13-27(25)37-8-7-23-22-5-3-4-6-28(22)44-30(23)32(37)41/h12-14,19H,3-11,15-17H2,1-2H3. The number of likely N-dealkylation sites (tertiary alicyclic amines) is 1. The van der Waals surface area contributed by atoms with Crippen LogP contribution in [0.1, 0.15) is 74.6 Å². The molecule has 1 saturated heterocycles. The van der Waals surface area contributed by atoms with Crippen molar-refractivity contribution >= 4 is 46.3 Å². The summed E-state index contributed by atoms with van der Waals surface area (Å²) >= 11 is 1.57. The van der Waals surface area contributed by atoms with E-state index in [1.54, 1.807) is 28.2 Å². The summed E-state index contributed by atoms with van der Waals surface area (Å²) in [6.07, 6.45) is 5.20. The maximum atomic E-state index is 15.5. The molecule has 10 nitrogen and oxygen atoms in total. The minimum absolute atomic E-state index is 0.119. The molecule has 2 amide bonds. The highest BCUT2D eigenvalue weighted by molar-refractivity contribution is 7.14. The quantitative estimate of drug-likeness (QED) is 0.390. The van der Waals surface area contributed by atoms with E-state index in [2.05, 4.69) is 10.1 Å². The fraction of sp³-hybridized carbons (Fsp3) is 0.469. The van der Waals surface area contributed by atoms with Gasteiger partial charge in [-0.3, -0.25) is 19.1 Å². The first-order chi connectivity index (χ1) is 21.3. The molecule has 1 aliphatic carbocycles. The van der Waals surface area contributed by atoms with Crippen molar-refractivity contribution in [1.82, 2.24) is 14.7 Å². The molecular weight excluding hydrogens is 585 g/mol. The number of aromatic nitrogens is 2. The van der Waals surface area contributed by atoms with Crippen LogP contribution in [0.5, 0.6) is 0 Å². The second-order valence-corrected chi connectivity index (χ2v) is 13.0. The number of rotatable bonds is 5.